The Hall–Kier alpha value is -1.23. The fraction of sp³-hybridized carbons (Fsp3) is 0.727. The Morgan fingerprint density at radius 2 is 2.25 bits per heavy atom. The van der Waals surface area contributed by atoms with E-state index in [1.807, 2.05) is 0 Å². The summed E-state index contributed by atoms with van der Waals surface area (Å²) in [5.41, 5.74) is 0.421. The van der Waals surface area contributed by atoms with Gasteiger partial charge in [0.15, 0.2) is 5.78 Å². The normalized spacial score (nSPS) is 19.6. The highest BCUT2D eigenvalue weighted by atomic mass is 16.1. The lowest BCUT2D eigenvalue weighted by Gasteiger charge is -2.35. The van der Waals surface area contributed by atoms with Crippen molar-refractivity contribution in [1.29, 1.82) is 0 Å². The third-order valence-electron chi connectivity index (χ3n) is 3.67. The standard InChI is InChI=1S/C11H18N4O/c1-3-11(4-6-12-7-5-11)10(16)9-8-13-14-15(9)2/h8,12H,3-7H2,1-2H3. The minimum absolute atomic E-state index is 0.198. The molecular weight excluding hydrogens is 204 g/mol. The summed E-state index contributed by atoms with van der Waals surface area (Å²) in [6.07, 6.45) is 4.28. The quantitative estimate of drug-likeness (QED) is 0.768. The molecule has 16 heavy (non-hydrogen) atoms. The minimum Gasteiger partial charge on any atom is -0.317 e. The second-order valence-electron chi connectivity index (χ2n) is 4.46. The van der Waals surface area contributed by atoms with Crippen molar-refractivity contribution in [1.82, 2.24) is 20.3 Å². The summed E-state index contributed by atoms with van der Waals surface area (Å²) < 4.78 is 1.57. The Labute approximate surface area is 95.2 Å². The van der Waals surface area contributed by atoms with Gasteiger partial charge in [0.05, 0.1) is 6.20 Å². The molecule has 1 aliphatic rings. The molecule has 0 radical (unpaired) electrons. The van der Waals surface area contributed by atoms with Crippen LogP contribution in [0.25, 0.3) is 0 Å². The van der Waals surface area contributed by atoms with Crippen molar-refractivity contribution in [2.75, 3.05) is 13.1 Å². The number of nitrogens with one attached hydrogen (secondary N) is 1. The molecule has 1 aromatic heterocycles. The van der Waals surface area contributed by atoms with Crippen molar-refractivity contribution in [3.8, 4) is 0 Å². The summed E-state index contributed by atoms with van der Waals surface area (Å²) in [5.74, 6) is 0.198. The van der Waals surface area contributed by atoms with Crippen LogP contribution in [0, 0.1) is 5.41 Å². The Morgan fingerprint density at radius 3 is 2.75 bits per heavy atom. The average Bonchev–Trinajstić information content (AvgIpc) is 2.75. The van der Waals surface area contributed by atoms with Gasteiger partial charge in [-0.2, -0.15) is 0 Å². The zero-order valence-corrected chi connectivity index (χ0v) is 9.86. The van der Waals surface area contributed by atoms with Crippen molar-refractivity contribution < 1.29 is 4.79 Å². The molecule has 0 bridgehead atoms. The van der Waals surface area contributed by atoms with E-state index in [1.165, 1.54) is 0 Å². The molecule has 0 amide bonds. The number of Topliss-reactive ketones (excluding diaryl/α,β-unsaturated/α-hetero) is 1. The molecular formula is C11H18N4O. The van der Waals surface area contributed by atoms with E-state index in [0.717, 1.165) is 32.4 Å². The number of ketones is 1. The Balaban J connectivity index is 2.28. The second kappa shape index (κ2) is 4.33. The SMILES string of the molecule is CCC1(C(=O)c2cnnn2C)CCNCC1. The van der Waals surface area contributed by atoms with Gasteiger partial charge in [0.2, 0.25) is 0 Å². The van der Waals surface area contributed by atoms with Crippen molar-refractivity contribution in [3.05, 3.63) is 11.9 Å². The number of aryl methyl sites for hydroxylation is 1. The van der Waals surface area contributed by atoms with Gasteiger partial charge in [0.25, 0.3) is 0 Å². The zero-order chi connectivity index (χ0) is 11.6. The molecule has 1 saturated heterocycles. The van der Waals surface area contributed by atoms with Crippen molar-refractivity contribution >= 4 is 5.78 Å². The number of carbonyl (C=O) groups excluding carboxylic acids is 1. The predicted molar refractivity (Wildman–Crippen MR) is 60.2 cm³/mol. The number of aromatic nitrogens is 3. The maximum atomic E-state index is 12.5. The molecule has 0 saturated carbocycles. The third-order valence-corrected chi connectivity index (χ3v) is 3.67. The number of nitrogens with zero attached hydrogens (tertiary/aromatic N) is 3. The smallest absolute Gasteiger partial charge is 0.188 e. The van der Waals surface area contributed by atoms with Crippen molar-refractivity contribution in [2.45, 2.75) is 26.2 Å². The van der Waals surface area contributed by atoms with Crippen LogP contribution >= 0.6 is 0 Å². The van der Waals surface area contributed by atoms with Crippen LogP contribution in [0.3, 0.4) is 0 Å². The Kier molecular flexibility index (Phi) is 3.05. The molecule has 1 aliphatic heterocycles. The van der Waals surface area contributed by atoms with Crippen LogP contribution in [-0.4, -0.2) is 33.9 Å². The molecule has 88 valence electrons. The van der Waals surface area contributed by atoms with Crippen LogP contribution < -0.4 is 5.32 Å². The first-order valence-corrected chi connectivity index (χ1v) is 5.80. The maximum Gasteiger partial charge on any atom is 0.188 e. The second-order valence-corrected chi connectivity index (χ2v) is 4.46. The van der Waals surface area contributed by atoms with Crippen molar-refractivity contribution in [3.63, 3.8) is 0 Å². The highest BCUT2D eigenvalue weighted by molar-refractivity contribution is 5.98. The lowest BCUT2D eigenvalue weighted by atomic mass is 9.72. The zero-order valence-electron chi connectivity index (χ0n) is 9.86. The van der Waals surface area contributed by atoms with E-state index in [0.29, 0.717) is 5.69 Å². The summed E-state index contributed by atoms with van der Waals surface area (Å²) >= 11 is 0. The van der Waals surface area contributed by atoms with E-state index in [2.05, 4.69) is 22.6 Å². The summed E-state index contributed by atoms with van der Waals surface area (Å²) in [6, 6.07) is 0. The van der Waals surface area contributed by atoms with E-state index >= 15 is 0 Å². The van der Waals surface area contributed by atoms with Gasteiger partial charge in [-0.25, -0.2) is 4.68 Å². The van der Waals surface area contributed by atoms with Gasteiger partial charge in [-0.15, -0.1) is 5.10 Å². The summed E-state index contributed by atoms with van der Waals surface area (Å²) in [5, 5.41) is 10.9. The summed E-state index contributed by atoms with van der Waals surface area (Å²) in [6.45, 7) is 3.93. The maximum absolute atomic E-state index is 12.5. The van der Waals surface area contributed by atoms with E-state index in [-0.39, 0.29) is 11.2 Å². The molecule has 0 aromatic carbocycles. The molecule has 2 rings (SSSR count). The fourth-order valence-electron chi connectivity index (χ4n) is 2.41. The van der Waals surface area contributed by atoms with Gasteiger partial charge >= 0.3 is 0 Å². The molecule has 0 spiro atoms. The van der Waals surface area contributed by atoms with Crippen LogP contribution in [0.15, 0.2) is 6.20 Å². The minimum atomic E-state index is -0.208. The molecule has 0 atom stereocenters. The third kappa shape index (κ3) is 1.75. The molecule has 1 fully saturated rings. The number of hydrogen-bond donors (Lipinski definition) is 1. The van der Waals surface area contributed by atoms with Crippen LogP contribution in [0.5, 0.6) is 0 Å². The van der Waals surface area contributed by atoms with Crippen LogP contribution in [0.4, 0.5) is 0 Å². The lowest BCUT2D eigenvalue weighted by Crippen LogP contribution is -2.42. The molecule has 1 N–H and O–H groups in total. The lowest BCUT2D eigenvalue weighted by molar-refractivity contribution is 0.0707. The predicted octanol–water partition coefficient (Wildman–Crippen LogP) is 0.778. The van der Waals surface area contributed by atoms with E-state index in [1.54, 1.807) is 17.9 Å². The highest BCUT2D eigenvalue weighted by Crippen LogP contribution is 2.35. The largest absolute Gasteiger partial charge is 0.317 e. The summed E-state index contributed by atoms with van der Waals surface area (Å²) in [4.78, 5) is 12.5. The van der Waals surface area contributed by atoms with Gasteiger partial charge < -0.3 is 5.32 Å². The number of hydrogen-bond acceptors (Lipinski definition) is 4. The van der Waals surface area contributed by atoms with Gasteiger partial charge in [0.1, 0.15) is 5.69 Å². The van der Waals surface area contributed by atoms with Crippen LogP contribution in [0.2, 0.25) is 0 Å². The average molecular weight is 222 g/mol. The van der Waals surface area contributed by atoms with Crippen molar-refractivity contribution in [2.24, 2.45) is 12.5 Å². The monoisotopic (exact) mass is 222 g/mol. The molecule has 0 unspecified atom stereocenters. The first-order chi connectivity index (χ1) is 7.69. The molecule has 5 heteroatoms. The first kappa shape index (κ1) is 11.3. The van der Waals surface area contributed by atoms with Gasteiger partial charge in [0, 0.05) is 12.5 Å². The van der Waals surface area contributed by atoms with Gasteiger partial charge in [-0.3, -0.25) is 4.79 Å². The number of rotatable bonds is 3. The fourth-order valence-corrected chi connectivity index (χ4v) is 2.41. The Morgan fingerprint density at radius 1 is 1.56 bits per heavy atom. The van der Waals surface area contributed by atoms with E-state index in [9.17, 15) is 4.79 Å². The van der Waals surface area contributed by atoms with Crippen LogP contribution in [0.1, 0.15) is 36.7 Å². The Bertz CT molecular complexity index is 379. The number of carbonyl (C=O) groups is 1. The molecule has 1 aromatic rings. The highest BCUT2D eigenvalue weighted by Gasteiger charge is 2.39. The molecule has 2 heterocycles. The van der Waals surface area contributed by atoms with Gasteiger partial charge in [-0.05, 0) is 32.4 Å². The topological polar surface area (TPSA) is 59.8 Å². The molecule has 5 nitrogen and oxygen atoms in total. The first-order valence-electron chi connectivity index (χ1n) is 5.80. The van der Waals surface area contributed by atoms with E-state index < -0.39 is 0 Å². The van der Waals surface area contributed by atoms with Gasteiger partial charge in [-0.1, -0.05) is 12.1 Å². The van der Waals surface area contributed by atoms with E-state index in [4.69, 9.17) is 0 Å². The number of piperidine rings is 1. The molecule has 0 aliphatic carbocycles. The van der Waals surface area contributed by atoms with Crippen LogP contribution in [-0.2, 0) is 7.05 Å². The summed E-state index contributed by atoms with van der Waals surface area (Å²) in [7, 11) is 1.77.